The average molecular weight is 241 g/mol. The smallest absolute Gasteiger partial charge is 0.0175 e. The predicted molar refractivity (Wildman–Crippen MR) is 74.0 cm³/mol. The van der Waals surface area contributed by atoms with Crippen molar-refractivity contribution in [2.45, 2.75) is 58.2 Å². The van der Waals surface area contributed by atoms with E-state index in [-0.39, 0.29) is 0 Å². The van der Waals surface area contributed by atoms with Crippen molar-refractivity contribution in [1.82, 2.24) is 5.32 Å². The van der Waals surface area contributed by atoms with Gasteiger partial charge in [0.1, 0.15) is 0 Å². The molecule has 0 spiro atoms. The fourth-order valence-corrected chi connectivity index (χ4v) is 4.44. The van der Waals surface area contributed by atoms with Gasteiger partial charge in [-0.1, -0.05) is 27.7 Å². The molecular formula is C14H27NS. The molecule has 0 aliphatic heterocycles. The molecule has 2 aliphatic carbocycles. The minimum atomic E-state index is 0.505. The Hall–Kier alpha value is 0.310. The molecule has 0 saturated heterocycles. The topological polar surface area (TPSA) is 12.0 Å². The van der Waals surface area contributed by atoms with Crippen LogP contribution in [0.5, 0.6) is 0 Å². The Morgan fingerprint density at radius 1 is 1.38 bits per heavy atom. The lowest BCUT2D eigenvalue weighted by molar-refractivity contribution is 0.110. The molecular weight excluding hydrogens is 214 g/mol. The van der Waals surface area contributed by atoms with Crippen LogP contribution in [0.25, 0.3) is 0 Å². The predicted octanol–water partition coefficient (Wildman–Crippen LogP) is 3.54. The van der Waals surface area contributed by atoms with Gasteiger partial charge in [-0.15, -0.1) is 0 Å². The van der Waals surface area contributed by atoms with Crippen LogP contribution in [0.4, 0.5) is 0 Å². The van der Waals surface area contributed by atoms with Crippen molar-refractivity contribution < 1.29 is 0 Å². The number of hydrogen-bond donors (Lipinski definition) is 1. The third kappa shape index (κ3) is 1.92. The van der Waals surface area contributed by atoms with Crippen LogP contribution in [0.2, 0.25) is 0 Å². The van der Waals surface area contributed by atoms with Gasteiger partial charge in [-0.3, -0.25) is 0 Å². The van der Waals surface area contributed by atoms with Crippen LogP contribution in [-0.4, -0.2) is 24.1 Å². The normalized spacial score (nSPS) is 42.6. The summed E-state index contributed by atoms with van der Waals surface area (Å²) in [6.07, 6.45) is 6.55. The van der Waals surface area contributed by atoms with Crippen LogP contribution in [0.1, 0.15) is 47.0 Å². The van der Waals surface area contributed by atoms with E-state index in [2.05, 4.69) is 39.3 Å². The first kappa shape index (κ1) is 12.8. The second kappa shape index (κ2) is 4.20. The molecule has 16 heavy (non-hydrogen) atoms. The molecule has 0 radical (unpaired) electrons. The van der Waals surface area contributed by atoms with E-state index in [1.54, 1.807) is 0 Å². The lowest BCUT2D eigenvalue weighted by Gasteiger charge is -2.43. The van der Waals surface area contributed by atoms with Crippen molar-refractivity contribution in [1.29, 1.82) is 0 Å². The summed E-state index contributed by atoms with van der Waals surface area (Å²) in [4.78, 5) is 0. The van der Waals surface area contributed by atoms with E-state index in [9.17, 15) is 0 Å². The van der Waals surface area contributed by atoms with Crippen LogP contribution in [0, 0.1) is 16.7 Å². The van der Waals surface area contributed by atoms with Gasteiger partial charge in [0, 0.05) is 17.8 Å². The standard InChI is InChI=1S/C14H27NS/c1-10(16-5)9-15-12-13(2,3)11-6-7-14(12,4)8-11/h10-12,15H,6-9H2,1-5H3/t10?,11-,12?,14+/m0/s1. The molecule has 2 fully saturated rings. The molecule has 2 bridgehead atoms. The minimum absolute atomic E-state index is 0.505. The fourth-order valence-electron chi connectivity index (χ4n) is 4.18. The maximum absolute atomic E-state index is 3.87. The van der Waals surface area contributed by atoms with Crippen LogP contribution in [0.15, 0.2) is 0 Å². The summed E-state index contributed by atoms with van der Waals surface area (Å²) in [7, 11) is 0. The summed E-state index contributed by atoms with van der Waals surface area (Å²) in [5, 5.41) is 4.61. The SMILES string of the molecule is CSC(C)CNC1C(C)(C)[C@H]2CC[C@]1(C)C2. The third-order valence-electron chi connectivity index (χ3n) is 5.28. The molecule has 0 amide bonds. The summed E-state index contributed by atoms with van der Waals surface area (Å²) in [6.45, 7) is 10.9. The summed E-state index contributed by atoms with van der Waals surface area (Å²) < 4.78 is 0. The van der Waals surface area contributed by atoms with Gasteiger partial charge >= 0.3 is 0 Å². The van der Waals surface area contributed by atoms with Gasteiger partial charge in [0.15, 0.2) is 0 Å². The summed E-state index contributed by atoms with van der Waals surface area (Å²) in [6, 6.07) is 0.730. The second-order valence-electron chi connectivity index (χ2n) is 6.80. The van der Waals surface area contributed by atoms with Crippen molar-refractivity contribution in [2.75, 3.05) is 12.8 Å². The lowest BCUT2D eigenvalue weighted by atomic mass is 9.68. The Morgan fingerprint density at radius 3 is 2.56 bits per heavy atom. The quantitative estimate of drug-likeness (QED) is 0.808. The largest absolute Gasteiger partial charge is 0.312 e. The summed E-state index contributed by atoms with van der Waals surface area (Å²) >= 11 is 1.96. The van der Waals surface area contributed by atoms with Crippen LogP contribution in [0.3, 0.4) is 0 Å². The maximum Gasteiger partial charge on any atom is 0.0175 e. The molecule has 4 atom stereocenters. The highest BCUT2D eigenvalue weighted by atomic mass is 32.2. The Labute approximate surface area is 105 Å². The fraction of sp³-hybridized carbons (Fsp3) is 1.00. The molecule has 0 heterocycles. The van der Waals surface area contributed by atoms with Crippen LogP contribution < -0.4 is 5.32 Å². The van der Waals surface area contributed by atoms with Gasteiger partial charge in [0.25, 0.3) is 0 Å². The summed E-state index contributed by atoms with van der Waals surface area (Å²) in [5.41, 5.74) is 1.08. The van der Waals surface area contributed by atoms with Gasteiger partial charge in [-0.2, -0.15) is 11.8 Å². The maximum atomic E-state index is 3.87. The number of thioether (sulfide) groups is 1. The first-order chi connectivity index (χ1) is 7.40. The molecule has 0 aromatic carbocycles. The van der Waals surface area contributed by atoms with Gasteiger partial charge in [0.05, 0.1) is 0 Å². The highest BCUT2D eigenvalue weighted by Crippen LogP contribution is 2.62. The van der Waals surface area contributed by atoms with E-state index in [0.29, 0.717) is 10.8 Å². The highest BCUT2D eigenvalue weighted by molar-refractivity contribution is 7.99. The van der Waals surface area contributed by atoms with Crippen LogP contribution in [-0.2, 0) is 0 Å². The molecule has 1 N–H and O–H groups in total. The molecule has 94 valence electrons. The number of hydrogen-bond acceptors (Lipinski definition) is 2. The molecule has 2 aliphatic rings. The average Bonchev–Trinajstić information content (AvgIpc) is 2.68. The van der Waals surface area contributed by atoms with E-state index in [0.717, 1.165) is 23.8 Å². The lowest BCUT2D eigenvalue weighted by Crippen LogP contribution is -2.51. The Bertz CT molecular complexity index is 259. The Kier molecular flexibility index (Phi) is 3.35. The molecule has 2 saturated carbocycles. The Morgan fingerprint density at radius 2 is 2.06 bits per heavy atom. The Balaban J connectivity index is 2.02. The zero-order valence-corrected chi connectivity index (χ0v) is 12.3. The molecule has 2 rings (SSSR count). The summed E-state index contributed by atoms with van der Waals surface area (Å²) in [5.74, 6) is 0.958. The second-order valence-corrected chi connectivity index (χ2v) is 8.08. The van der Waals surface area contributed by atoms with Gasteiger partial charge < -0.3 is 5.32 Å². The van der Waals surface area contributed by atoms with Gasteiger partial charge in [-0.25, -0.2) is 0 Å². The van der Waals surface area contributed by atoms with E-state index >= 15 is 0 Å². The first-order valence-electron chi connectivity index (χ1n) is 6.66. The van der Waals surface area contributed by atoms with E-state index in [4.69, 9.17) is 0 Å². The first-order valence-corrected chi connectivity index (χ1v) is 7.95. The molecule has 0 aromatic rings. The van der Waals surface area contributed by atoms with Crippen molar-refractivity contribution in [3.05, 3.63) is 0 Å². The van der Waals surface area contributed by atoms with Gasteiger partial charge in [0.2, 0.25) is 0 Å². The van der Waals surface area contributed by atoms with Crippen molar-refractivity contribution in [3.8, 4) is 0 Å². The van der Waals surface area contributed by atoms with Crippen molar-refractivity contribution >= 4 is 11.8 Å². The van der Waals surface area contributed by atoms with Crippen molar-refractivity contribution in [2.24, 2.45) is 16.7 Å². The van der Waals surface area contributed by atoms with E-state index < -0.39 is 0 Å². The number of nitrogens with one attached hydrogen (secondary N) is 1. The number of fused-ring (bicyclic) bond motifs is 2. The zero-order valence-electron chi connectivity index (χ0n) is 11.5. The zero-order chi connectivity index (χ0) is 12.0. The molecule has 1 nitrogen and oxygen atoms in total. The highest BCUT2D eigenvalue weighted by Gasteiger charge is 2.58. The van der Waals surface area contributed by atoms with Gasteiger partial charge in [-0.05, 0) is 42.3 Å². The molecule has 2 unspecified atom stereocenters. The monoisotopic (exact) mass is 241 g/mol. The molecule has 2 heteroatoms. The number of rotatable bonds is 4. The third-order valence-corrected chi connectivity index (χ3v) is 6.25. The van der Waals surface area contributed by atoms with Crippen LogP contribution >= 0.6 is 11.8 Å². The molecule has 0 aromatic heterocycles. The van der Waals surface area contributed by atoms with E-state index in [1.807, 2.05) is 11.8 Å². The van der Waals surface area contributed by atoms with E-state index in [1.165, 1.54) is 19.3 Å². The van der Waals surface area contributed by atoms with Crippen molar-refractivity contribution in [3.63, 3.8) is 0 Å². The minimum Gasteiger partial charge on any atom is -0.312 e.